The van der Waals surface area contributed by atoms with Crippen LogP contribution in [0.2, 0.25) is 0 Å². The Balaban J connectivity index is 1.84. The van der Waals surface area contributed by atoms with E-state index in [-0.39, 0.29) is 0 Å². The number of nitrogens with zero attached hydrogens (tertiary/aromatic N) is 1. The monoisotopic (exact) mass is 447 g/mol. The molecule has 0 radical (unpaired) electrons. The van der Waals surface area contributed by atoms with Gasteiger partial charge in [-0.05, 0) is 72.6 Å². The van der Waals surface area contributed by atoms with E-state index in [1.165, 1.54) is 0 Å². The van der Waals surface area contributed by atoms with Gasteiger partial charge in [-0.3, -0.25) is 4.90 Å². The van der Waals surface area contributed by atoms with Crippen LogP contribution in [-0.4, -0.2) is 29.6 Å². The highest BCUT2D eigenvalue weighted by atomic mass is 127. The minimum atomic E-state index is -0.814. The van der Waals surface area contributed by atoms with E-state index in [9.17, 15) is 5.11 Å². The first kappa shape index (κ1) is 13.5. The van der Waals surface area contributed by atoms with Gasteiger partial charge in [0.05, 0.1) is 3.57 Å². The molecule has 3 aliphatic heterocycles. The third-order valence-corrected chi connectivity index (χ3v) is 5.95. The van der Waals surface area contributed by atoms with Gasteiger partial charge in [0.2, 0.25) is 0 Å². The highest BCUT2D eigenvalue weighted by Crippen LogP contribution is 2.44. The van der Waals surface area contributed by atoms with Gasteiger partial charge in [-0.25, -0.2) is 0 Å². The smallest absolute Gasteiger partial charge is 0.147 e. The molecule has 0 saturated carbocycles. The zero-order valence-electron chi connectivity index (χ0n) is 10.9. The molecular weight excluding hydrogens is 433 g/mol. The van der Waals surface area contributed by atoms with Gasteiger partial charge in [0.25, 0.3) is 0 Å². The quantitative estimate of drug-likeness (QED) is 0.677. The lowest BCUT2D eigenvalue weighted by Gasteiger charge is -2.49. The zero-order valence-corrected chi connectivity index (χ0v) is 14.6. The molecule has 1 atom stereocenters. The van der Waals surface area contributed by atoms with Crippen LogP contribution < -0.4 is 0 Å². The molecule has 3 saturated heterocycles. The molecule has 1 unspecified atom stereocenters. The Bertz CT molecular complexity index is 678. The zero-order chi connectivity index (χ0) is 13.9. The average Bonchev–Trinajstić information content (AvgIpc) is 2.84. The van der Waals surface area contributed by atoms with Crippen LogP contribution in [-0.2, 0) is 5.60 Å². The molecule has 1 N–H and O–H groups in total. The number of piperidine rings is 3. The molecule has 1 aromatic carbocycles. The van der Waals surface area contributed by atoms with Gasteiger partial charge < -0.3 is 9.52 Å². The lowest BCUT2D eigenvalue weighted by Crippen LogP contribution is -2.56. The fraction of sp³-hybridized carbons (Fsp3) is 0.467. The Kier molecular flexibility index (Phi) is 3.18. The lowest BCUT2D eigenvalue weighted by atomic mass is 9.74. The van der Waals surface area contributed by atoms with Gasteiger partial charge in [0.1, 0.15) is 16.9 Å². The topological polar surface area (TPSA) is 36.6 Å². The standard InChI is InChI=1S/C15H15BrINO2/c16-11-5-9-6-13(20-14(9)12(17)7-11)15(19)8-18-3-1-10(15)2-4-18/h5-7,10,19H,1-4,8H2. The van der Waals surface area contributed by atoms with Crippen molar-refractivity contribution in [2.24, 2.45) is 5.92 Å². The summed E-state index contributed by atoms with van der Waals surface area (Å²) in [6.45, 7) is 2.92. The van der Waals surface area contributed by atoms with Crippen molar-refractivity contribution in [2.75, 3.05) is 19.6 Å². The number of hydrogen-bond donors (Lipinski definition) is 1. The first-order valence-electron chi connectivity index (χ1n) is 6.90. The Morgan fingerprint density at radius 1 is 1.30 bits per heavy atom. The summed E-state index contributed by atoms with van der Waals surface area (Å²) in [6.07, 6.45) is 2.13. The van der Waals surface area contributed by atoms with E-state index in [2.05, 4.69) is 49.5 Å². The van der Waals surface area contributed by atoms with Gasteiger partial charge >= 0.3 is 0 Å². The van der Waals surface area contributed by atoms with E-state index in [1.807, 2.05) is 12.1 Å². The number of rotatable bonds is 1. The Hall–Kier alpha value is -0.110. The van der Waals surface area contributed by atoms with E-state index >= 15 is 0 Å². The Labute approximate surface area is 139 Å². The van der Waals surface area contributed by atoms with E-state index in [0.717, 1.165) is 50.7 Å². The molecule has 3 aliphatic rings. The van der Waals surface area contributed by atoms with E-state index in [4.69, 9.17) is 4.42 Å². The maximum atomic E-state index is 11.1. The van der Waals surface area contributed by atoms with Crippen LogP contribution in [0.15, 0.2) is 27.1 Å². The highest BCUT2D eigenvalue weighted by molar-refractivity contribution is 14.1. The third kappa shape index (κ3) is 1.97. The molecule has 0 aliphatic carbocycles. The molecule has 3 fully saturated rings. The van der Waals surface area contributed by atoms with Crippen LogP contribution in [0.1, 0.15) is 18.6 Å². The number of furan rings is 1. The number of aliphatic hydroxyl groups is 1. The van der Waals surface area contributed by atoms with Crippen molar-refractivity contribution >= 4 is 49.5 Å². The number of halogens is 2. The normalized spacial score (nSPS) is 33.0. The summed E-state index contributed by atoms with van der Waals surface area (Å²) in [6, 6.07) is 6.11. The summed E-state index contributed by atoms with van der Waals surface area (Å²) >= 11 is 5.80. The molecular formula is C15H15BrINO2. The predicted octanol–water partition coefficient (Wildman–Crippen LogP) is 3.71. The van der Waals surface area contributed by atoms with Crippen molar-refractivity contribution in [3.8, 4) is 0 Å². The van der Waals surface area contributed by atoms with Crippen molar-refractivity contribution < 1.29 is 9.52 Å². The molecule has 20 heavy (non-hydrogen) atoms. The Morgan fingerprint density at radius 2 is 2.05 bits per heavy atom. The van der Waals surface area contributed by atoms with Crippen LogP contribution in [0.5, 0.6) is 0 Å². The summed E-state index contributed by atoms with van der Waals surface area (Å²) < 4.78 is 8.16. The van der Waals surface area contributed by atoms with Crippen molar-refractivity contribution in [2.45, 2.75) is 18.4 Å². The Morgan fingerprint density at radius 3 is 2.70 bits per heavy atom. The molecule has 0 amide bonds. The molecule has 2 aromatic rings. The van der Waals surface area contributed by atoms with Crippen molar-refractivity contribution in [1.82, 2.24) is 4.90 Å². The lowest BCUT2D eigenvalue weighted by molar-refractivity contribution is -0.128. The second-order valence-corrected chi connectivity index (χ2v) is 7.97. The van der Waals surface area contributed by atoms with E-state index in [1.54, 1.807) is 0 Å². The maximum absolute atomic E-state index is 11.1. The van der Waals surface area contributed by atoms with Gasteiger partial charge in [-0.15, -0.1) is 0 Å². The van der Waals surface area contributed by atoms with Crippen molar-refractivity contribution in [3.63, 3.8) is 0 Å². The van der Waals surface area contributed by atoms with Gasteiger partial charge in [-0.1, -0.05) is 15.9 Å². The van der Waals surface area contributed by atoms with Gasteiger partial charge in [0, 0.05) is 16.4 Å². The fourth-order valence-electron chi connectivity index (χ4n) is 3.61. The number of benzene rings is 1. The van der Waals surface area contributed by atoms with E-state index < -0.39 is 5.60 Å². The summed E-state index contributed by atoms with van der Waals surface area (Å²) in [7, 11) is 0. The van der Waals surface area contributed by atoms with Crippen LogP contribution >= 0.6 is 38.5 Å². The second kappa shape index (κ2) is 4.69. The van der Waals surface area contributed by atoms with Crippen LogP contribution in [0.3, 0.4) is 0 Å². The molecule has 3 nitrogen and oxygen atoms in total. The highest BCUT2D eigenvalue weighted by Gasteiger charge is 2.48. The first-order chi connectivity index (χ1) is 9.56. The molecule has 4 heterocycles. The molecule has 0 spiro atoms. The van der Waals surface area contributed by atoms with Crippen molar-refractivity contribution in [1.29, 1.82) is 0 Å². The molecule has 1 aromatic heterocycles. The predicted molar refractivity (Wildman–Crippen MR) is 89.7 cm³/mol. The van der Waals surface area contributed by atoms with Crippen LogP contribution in [0.25, 0.3) is 11.0 Å². The number of hydrogen-bond acceptors (Lipinski definition) is 3. The molecule has 106 valence electrons. The van der Waals surface area contributed by atoms with Gasteiger partial charge in [-0.2, -0.15) is 0 Å². The minimum Gasteiger partial charge on any atom is -0.457 e. The molecule has 5 heteroatoms. The van der Waals surface area contributed by atoms with Crippen LogP contribution in [0.4, 0.5) is 0 Å². The van der Waals surface area contributed by atoms with Crippen molar-refractivity contribution in [3.05, 3.63) is 32.0 Å². The van der Waals surface area contributed by atoms with Crippen LogP contribution in [0, 0.1) is 9.49 Å². The first-order valence-corrected chi connectivity index (χ1v) is 8.77. The second-order valence-electron chi connectivity index (χ2n) is 5.89. The van der Waals surface area contributed by atoms with Gasteiger partial charge in [0.15, 0.2) is 0 Å². The summed E-state index contributed by atoms with van der Waals surface area (Å²) in [5.41, 5.74) is 0.0686. The fourth-order valence-corrected chi connectivity index (χ4v) is 5.27. The average molecular weight is 448 g/mol. The summed E-state index contributed by atoms with van der Waals surface area (Å²) in [4.78, 5) is 2.34. The molecule has 2 bridgehead atoms. The van der Waals surface area contributed by atoms with E-state index in [0.29, 0.717) is 12.5 Å². The molecule has 5 rings (SSSR count). The minimum absolute atomic E-state index is 0.328. The summed E-state index contributed by atoms with van der Waals surface area (Å²) in [5.74, 6) is 1.06. The SMILES string of the molecule is OC1(c2cc3cc(Br)cc(I)c3o2)CN2CCC1CC2. The number of fused-ring (bicyclic) bond motifs is 4. The maximum Gasteiger partial charge on any atom is 0.147 e. The largest absolute Gasteiger partial charge is 0.457 e. The third-order valence-electron chi connectivity index (χ3n) is 4.69. The summed E-state index contributed by atoms with van der Waals surface area (Å²) in [5, 5.41) is 12.2.